The van der Waals surface area contributed by atoms with E-state index in [4.69, 9.17) is 5.73 Å². The number of aliphatic hydroxyl groups is 1. The predicted octanol–water partition coefficient (Wildman–Crippen LogP) is 3.14. The Morgan fingerprint density at radius 3 is 2.58 bits per heavy atom. The van der Waals surface area contributed by atoms with Crippen LogP contribution in [0.3, 0.4) is 0 Å². The molecule has 3 N–H and O–H groups in total. The first-order valence-electron chi connectivity index (χ1n) is 6.90. The zero-order chi connectivity index (χ0) is 14.0. The summed E-state index contributed by atoms with van der Waals surface area (Å²) in [6.07, 6.45) is 2.62. The summed E-state index contributed by atoms with van der Waals surface area (Å²) in [6.45, 7) is 5.91. The SMILES string of the molecule is CCC(N)C(c1ccc(Br)s1)N1CCC(C)(O)CC1. The van der Waals surface area contributed by atoms with E-state index in [1.807, 2.05) is 6.92 Å². The molecule has 1 aromatic heterocycles. The Hall–Kier alpha value is 0.0600. The lowest BCUT2D eigenvalue weighted by Crippen LogP contribution is -2.48. The van der Waals surface area contributed by atoms with Gasteiger partial charge in [0, 0.05) is 24.0 Å². The molecule has 1 fully saturated rings. The molecule has 0 bridgehead atoms. The van der Waals surface area contributed by atoms with Crippen molar-refractivity contribution in [2.75, 3.05) is 13.1 Å². The average molecular weight is 347 g/mol. The van der Waals surface area contributed by atoms with Crippen LogP contribution in [0.2, 0.25) is 0 Å². The molecule has 0 amide bonds. The van der Waals surface area contributed by atoms with E-state index in [-0.39, 0.29) is 12.1 Å². The number of thiophene rings is 1. The molecule has 1 aromatic rings. The minimum absolute atomic E-state index is 0.147. The second-order valence-electron chi connectivity index (χ2n) is 5.69. The van der Waals surface area contributed by atoms with Gasteiger partial charge in [0.1, 0.15) is 0 Å². The largest absolute Gasteiger partial charge is 0.390 e. The van der Waals surface area contributed by atoms with Gasteiger partial charge in [-0.3, -0.25) is 4.90 Å². The lowest BCUT2D eigenvalue weighted by molar-refractivity contribution is -0.0197. The van der Waals surface area contributed by atoms with E-state index in [0.29, 0.717) is 0 Å². The number of nitrogens with two attached hydrogens (primary N) is 1. The molecule has 2 unspecified atom stereocenters. The van der Waals surface area contributed by atoms with Crippen LogP contribution in [0.4, 0.5) is 0 Å². The molecule has 5 heteroatoms. The Bertz CT molecular complexity index is 411. The summed E-state index contributed by atoms with van der Waals surface area (Å²) in [4.78, 5) is 3.76. The highest BCUT2D eigenvalue weighted by atomic mass is 79.9. The number of likely N-dealkylation sites (tertiary alicyclic amines) is 1. The molecule has 1 aliphatic heterocycles. The molecule has 2 atom stereocenters. The Kier molecular flexibility index (Phi) is 5.06. The summed E-state index contributed by atoms with van der Waals surface area (Å²) in [5, 5.41) is 10.1. The second kappa shape index (κ2) is 6.22. The average Bonchev–Trinajstić information content (AvgIpc) is 2.78. The zero-order valence-electron chi connectivity index (χ0n) is 11.6. The summed E-state index contributed by atoms with van der Waals surface area (Å²) in [6, 6.07) is 4.68. The lowest BCUT2D eigenvalue weighted by Gasteiger charge is -2.41. The summed E-state index contributed by atoms with van der Waals surface area (Å²) in [5.41, 5.74) is 5.84. The van der Waals surface area contributed by atoms with Crippen LogP contribution < -0.4 is 5.73 Å². The maximum atomic E-state index is 10.1. The third-order valence-corrected chi connectivity index (χ3v) is 5.73. The summed E-state index contributed by atoms with van der Waals surface area (Å²) < 4.78 is 1.15. The van der Waals surface area contributed by atoms with E-state index in [0.717, 1.165) is 36.1 Å². The van der Waals surface area contributed by atoms with E-state index in [1.165, 1.54) is 4.88 Å². The number of piperidine rings is 1. The van der Waals surface area contributed by atoms with Crippen LogP contribution in [0.5, 0.6) is 0 Å². The second-order valence-corrected chi connectivity index (χ2v) is 8.19. The number of hydrogen-bond donors (Lipinski definition) is 2. The van der Waals surface area contributed by atoms with Crippen LogP contribution in [0, 0.1) is 0 Å². The lowest BCUT2D eigenvalue weighted by atomic mass is 9.91. The minimum Gasteiger partial charge on any atom is -0.390 e. The van der Waals surface area contributed by atoms with E-state index < -0.39 is 5.60 Å². The molecule has 1 saturated heterocycles. The number of hydrogen-bond acceptors (Lipinski definition) is 4. The minimum atomic E-state index is -0.507. The van der Waals surface area contributed by atoms with Crippen molar-refractivity contribution in [1.82, 2.24) is 4.90 Å². The van der Waals surface area contributed by atoms with Crippen molar-refractivity contribution < 1.29 is 5.11 Å². The van der Waals surface area contributed by atoms with Crippen LogP contribution in [-0.2, 0) is 0 Å². The van der Waals surface area contributed by atoms with Gasteiger partial charge in [0.25, 0.3) is 0 Å². The van der Waals surface area contributed by atoms with Gasteiger partial charge in [-0.2, -0.15) is 0 Å². The quantitative estimate of drug-likeness (QED) is 0.880. The Morgan fingerprint density at radius 1 is 1.47 bits per heavy atom. The third kappa shape index (κ3) is 3.79. The Morgan fingerprint density at radius 2 is 2.11 bits per heavy atom. The summed E-state index contributed by atoms with van der Waals surface area (Å²) in [5.74, 6) is 0. The van der Waals surface area contributed by atoms with Crippen molar-refractivity contribution in [2.45, 2.75) is 50.8 Å². The van der Waals surface area contributed by atoms with Gasteiger partial charge in [0.05, 0.1) is 15.4 Å². The number of rotatable bonds is 4. The van der Waals surface area contributed by atoms with Crippen molar-refractivity contribution in [3.63, 3.8) is 0 Å². The summed E-state index contributed by atoms with van der Waals surface area (Å²) >= 11 is 5.30. The van der Waals surface area contributed by atoms with Gasteiger partial charge in [0.15, 0.2) is 0 Å². The van der Waals surface area contributed by atoms with Crippen LogP contribution in [0.15, 0.2) is 15.9 Å². The number of nitrogens with zero attached hydrogens (tertiary/aromatic N) is 1. The standard InChI is InChI=1S/C14H23BrN2OS/c1-3-10(16)13(11-4-5-12(15)19-11)17-8-6-14(2,18)7-9-17/h4-5,10,13,18H,3,6-9,16H2,1-2H3. The molecule has 19 heavy (non-hydrogen) atoms. The van der Waals surface area contributed by atoms with E-state index in [1.54, 1.807) is 11.3 Å². The van der Waals surface area contributed by atoms with Crippen molar-refractivity contribution in [3.8, 4) is 0 Å². The first kappa shape index (κ1) is 15.4. The predicted molar refractivity (Wildman–Crippen MR) is 84.5 cm³/mol. The highest BCUT2D eigenvalue weighted by molar-refractivity contribution is 9.11. The summed E-state index contributed by atoms with van der Waals surface area (Å²) in [7, 11) is 0. The molecule has 1 aliphatic rings. The Labute approximate surface area is 127 Å². The normalized spacial score (nSPS) is 23.2. The van der Waals surface area contributed by atoms with Crippen LogP contribution in [0.25, 0.3) is 0 Å². The van der Waals surface area contributed by atoms with Gasteiger partial charge in [-0.05, 0) is 54.2 Å². The fourth-order valence-corrected chi connectivity index (χ4v) is 4.29. The first-order chi connectivity index (χ1) is 8.93. The fourth-order valence-electron chi connectivity index (χ4n) is 2.66. The van der Waals surface area contributed by atoms with Gasteiger partial charge in [-0.25, -0.2) is 0 Å². The van der Waals surface area contributed by atoms with Gasteiger partial charge in [0.2, 0.25) is 0 Å². The molecular weight excluding hydrogens is 324 g/mol. The monoisotopic (exact) mass is 346 g/mol. The highest BCUT2D eigenvalue weighted by Crippen LogP contribution is 2.36. The molecule has 0 aliphatic carbocycles. The number of halogens is 1. The van der Waals surface area contributed by atoms with Gasteiger partial charge in [-0.15, -0.1) is 11.3 Å². The zero-order valence-corrected chi connectivity index (χ0v) is 14.0. The maximum absolute atomic E-state index is 10.1. The molecule has 108 valence electrons. The van der Waals surface area contributed by atoms with E-state index in [9.17, 15) is 5.11 Å². The molecule has 0 spiro atoms. The van der Waals surface area contributed by atoms with E-state index >= 15 is 0 Å². The van der Waals surface area contributed by atoms with Crippen molar-refractivity contribution in [1.29, 1.82) is 0 Å². The molecule has 3 nitrogen and oxygen atoms in total. The van der Waals surface area contributed by atoms with Gasteiger partial charge < -0.3 is 10.8 Å². The molecule has 2 rings (SSSR count). The molecule has 0 saturated carbocycles. The van der Waals surface area contributed by atoms with E-state index in [2.05, 4.69) is 39.9 Å². The van der Waals surface area contributed by atoms with Crippen molar-refractivity contribution in [3.05, 3.63) is 20.8 Å². The smallest absolute Gasteiger partial charge is 0.0702 e. The Balaban J connectivity index is 2.15. The van der Waals surface area contributed by atoms with Crippen LogP contribution in [0.1, 0.15) is 44.0 Å². The first-order valence-corrected chi connectivity index (χ1v) is 8.51. The molecule has 0 aromatic carbocycles. The maximum Gasteiger partial charge on any atom is 0.0702 e. The topological polar surface area (TPSA) is 49.5 Å². The van der Waals surface area contributed by atoms with Crippen molar-refractivity contribution >= 4 is 27.3 Å². The fraction of sp³-hybridized carbons (Fsp3) is 0.714. The molecule has 0 radical (unpaired) electrons. The third-order valence-electron chi connectivity index (χ3n) is 4.03. The molecular formula is C14H23BrN2OS. The molecule has 2 heterocycles. The van der Waals surface area contributed by atoms with Crippen LogP contribution >= 0.6 is 27.3 Å². The van der Waals surface area contributed by atoms with Crippen molar-refractivity contribution in [2.24, 2.45) is 5.73 Å². The van der Waals surface area contributed by atoms with Gasteiger partial charge >= 0.3 is 0 Å². The van der Waals surface area contributed by atoms with Crippen LogP contribution in [-0.4, -0.2) is 34.7 Å². The highest BCUT2D eigenvalue weighted by Gasteiger charge is 2.34. The van der Waals surface area contributed by atoms with Gasteiger partial charge in [-0.1, -0.05) is 6.92 Å².